The highest BCUT2D eigenvalue weighted by Gasteiger charge is 2.38. The number of nitrogens with zero attached hydrogens (tertiary/aromatic N) is 1. The molecule has 0 aromatic carbocycles. The molecule has 2 atom stereocenters. The van der Waals surface area contributed by atoms with Crippen LogP contribution in [0.25, 0.3) is 0 Å². The maximum atomic E-state index is 6.40. The van der Waals surface area contributed by atoms with Gasteiger partial charge in [0.25, 0.3) is 0 Å². The Kier molecular flexibility index (Phi) is 2.62. The van der Waals surface area contributed by atoms with E-state index < -0.39 is 0 Å². The molecule has 2 unspecified atom stereocenters. The second-order valence-electron chi connectivity index (χ2n) is 4.20. The van der Waals surface area contributed by atoms with Crippen molar-refractivity contribution in [3.05, 3.63) is 28.5 Å². The van der Waals surface area contributed by atoms with Gasteiger partial charge in [-0.25, -0.2) is 0 Å². The number of aromatic nitrogens is 1. The van der Waals surface area contributed by atoms with Crippen molar-refractivity contribution in [1.82, 2.24) is 4.98 Å². The topological polar surface area (TPSA) is 38.9 Å². The Bertz CT molecular complexity index is 323. The first kappa shape index (κ1) is 10.1. The zero-order valence-corrected chi connectivity index (χ0v) is 9.92. The number of halogens is 1. The zero-order chi connectivity index (χ0) is 10.2. The second-order valence-corrected chi connectivity index (χ2v) is 5.11. The van der Waals surface area contributed by atoms with Gasteiger partial charge >= 0.3 is 0 Å². The van der Waals surface area contributed by atoms with E-state index in [9.17, 15) is 0 Å². The molecule has 14 heavy (non-hydrogen) atoms. The van der Waals surface area contributed by atoms with Crippen LogP contribution in [0.15, 0.2) is 22.8 Å². The number of pyridine rings is 1. The smallest absolute Gasteiger partial charge is 0.0609 e. The van der Waals surface area contributed by atoms with Crippen molar-refractivity contribution in [1.29, 1.82) is 0 Å². The average Bonchev–Trinajstić information content (AvgIpc) is 2.49. The van der Waals surface area contributed by atoms with Crippen molar-refractivity contribution in [2.24, 2.45) is 11.7 Å². The van der Waals surface area contributed by atoms with Gasteiger partial charge in [-0.3, -0.25) is 4.98 Å². The van der Waals surface area contributed by atoms with Crippen LogP contribution in [-0.2, 0) is 5.54 Å². The molecule has 0 amide bonds. The van der Waals surface area contributed by atoms with Crippen LogP contribution in [0.5, 0.6) is 0 Å². The second kappa shape index (κ2) is 3.63. The normalized spacial score (nSPS) is 32.1. The first-order chi connectivity index (χ1) is 6.63. The van der Waals surface area contributed by atoms with Gasteiger partial charge in [0.2, 0.25) is 0 Å². The fourth-order valence-corrected chi connectivity index (χ4v) is 2.47. The number of nitrogens with two attached hydrogens (primary N) is 1. The lowest BCUT2D eigenvalue weighted by Gasteiger charge is -2.28. The molecule has 76 valence electrons. The van der Waals surface area contributed by atoms with Crippen molar-refractivity contribution < 1.29 is 0 Å². The van der Waals surface area contributed by atoms with Gasteiger partial charge in [-0.05, 0) is 46.8 Å². The van der Waals surface area contributed by atoms with Gasteiger partial charge in [0.15, 0.2) is 0 Å². The summed E-state index contributed by atoms with van der Waals surface area (Å²) in [4.78, 5) is 4.41. The van der Waals surface area contributed by atoms with E-state index in [2.05, 4.69) is 27.8 Å². The molecular formula is C11H15BrN2. The molecule has 2 N–H and O–H groups in total. The van der Waals surface area contributed by atoms with Crippen LogP contribution >= 0.6 is 15.9 Å². The molecular weight excluding hydrogens is 240 g/mol. The van der Waals surface area contributed by atoms with E-state index in [1.54, 1.807) is 0 Å². The molecule has 0 spiro atoms. The average molecular weight is 255 g/mol. The minimum atomic E-state index is -0.194. The lowest BCUT2D eigenvalue weighted by molar-refractivity contribution is 0.339. The molecule has 3 heteroatoms. The molecule has 1 aliphatic rings. The third-order valence-electron chi connectivity index (χ3n) is 3.31. The SMILES string of the molecule is CC1CCCC1(N)c1ccc(Br)cn1. The van der Waals surface area contributed by atoms with Crippen molar-refractivity contribution >= 4 is 15.9 Å². The highest BCUT2D eigenvalue weighted by molar-refractivity contribution is 9.10. The molecule has 2 rings (SSSR count). The molecule has 1 heterocycles. The van der Waals surface area contributed by atoms with Crippen LogP contribution in [0.4, 0.5) is 0 Å². The zero-order valence-electron chi connectivity index (χ0n) is 8.33. The summed E-state index contributed by atoms with van der Waals surface area (Å²) in [6, 6.07) is 4.05. The van der Waals surface area contributed by atoms with Gasteiger partial charge in [0, 0.05) is 10.7 Å². The largest absolute Gasteiger partial charge is 0.320 e. The maximum Gasteiger partial charge on any atom is 0.0609 e. The maximum absolute atomic E-state index is 6.40. The molecule has 0 aliphatic heterocycles. The Morgan fingerprint density at radius 1 is 1.57 bits per heavy atom. The molecule has 1 aliphatic carbocycles. The van der Waals surface area contributed by atoms with E-state index in [0.717, 1.165) is 16.6 Å². The summed E-state index contributed by atoms with van der Waals surface area (Å²) in [6.07, 6.45) is 5.32. The summed E-state index contributed by atoms with van der Waals surface area (Å²) in [7, 11) is 0. The first-order valence-corrected chi connectivity index (χ1v) is 5.83. The van der Waals surface area contributed by atoms with Crippen LogP contribution in [-0.4, -0.2) is 4.98 Å². The molecule has 1 aromatic rings. The van der Waals surface area contributed by atoms with Crippen LogP contribution in [0, 0.1) is 5.92 Å². The summed E-state index contributed by atoms with van der Waals surface area (Å²) in [5.74, 6) is 0.538. The summed E-state index contributed by atoms with van der Waals surface area (Å²) in [5.41, 5.74) is 7.24. The van der Waals surface area contributed by atoms with Crippen molar-refractivity contribution in [3.63, 3.8) is 0 Å². The van der Waals surface area contributed by atoms with E-state index >= 15 is 0 Å². The monoisotopic (exact) mass is 254 g/mol. The van der Waals surface area contributed by atoms with Crippen LogP contribution < -0.4 is 5.73 Å². The van der Waals surface area contributed by atoms with Crippen LogP contribution in [0.3, 0.4) is 0 Å². The summed E-state index contributed by atoms with van der Waals surface area (Å²) in [5, 5.41) is 0. The first-order valence-electron chi connectivity index (χ1n) is 5.04. The van der Waals surface area contributed by atoms with Crippen LogP contribution in [0.2, 0.25) is 0 Å². The highest BCUT2D eigenvalue weighted by atomic mass is 79.9. The third-order valence-corrected chi connectivity index (χ3v) is 3.78. The molecule has 1 aromatic heterocycles. The predicted octanol–water partition coefficient (Wildman–Crippen LogP) is 2.82. The van der Waals surface area contributed by atoms with Crippen molar-refractivity contribution in [2.45, 2.75) is 31.7 Å². The number of hydrogen-bond acceptors (Lipinski definition) is 2. The predicted molar refractivity (Wildman–Crippen MR) is 60.8 cm³/mol. The Balaban J connectivity index is 2.34. The third kappa shape index (κ3) is 1.59. The van der Waals surface area contributed by atoms with Gasteiger partial charge in [0.05, 0.1) is 11.2 Å². The van der Waals surface area contributed by atoms with E-state index in [1.165, 1.54) is 12.8 Å². The van der Waals surface area contributed by atoms with E-state index in [1.807, 2.05) is 18.3 Å². The van der Waals surface area contributed by atoms with E-state index in [-0.39, 0.29) is 5.54 Å². The minimum absolute atomic E-state index is 0.194. The number of hydrogen-bond donors (Lipinski definition) is 1. The van der Waals surface area contributed by atoms with Gasteiger partial charge in [-0.1, -0.05) is 13.3 Å². The molecule has 0 saturated heterocycles. The quantitative estimate of drug-likeness (QED) is 0.838. The number of rotatable bonds is 1. The lowest BCUT2D eigenvalue weighted by Crippen LogP contribution is -2.39. The Morgan fingerprint density at radius 2 is 2.36 bits per heavy atom. The Hall–Kier alpha value is -0.410. The van der Waals surface area contributed by atoms with Gasteiger partial charge < -0.3 is 5.73 Å². The molecule has 1 fully saturated rings. The van der Waals surface area contributed by atoms with Gasteiger partial charge in [-0.15, -0.1) is 0 Å². The van der Waals surface area contributed by atoms with E-state index in [4.69, 9.17) is 5.73 Å². The standard InChI is InChI=1S/C11H15BrN2/c1-8-3-2-6-11(8,13)10-5-4-9(12)7-14-10/h4-5,7-8H,2-3,6,13H2,1H3. The molecule has 0 radical (unpaired) electrons. The highest BCUT2D eigenvalue weighted by Crippen LogP contribution is 2.40. The summed E-state index contributed by atoms with van der Waals surface area (Å²) >= 11 is 3.38. The summed E-state index contributed by atoms with van der Waals surface area (Å²) in [6.45, 7) is 2.22. The molecule has 1 saturated carbocycles. The fourth-order valence-electron chi connectivity index (χ4n) is 2.24. The fraction of sp³-hybridized carbons (Fsp3) is 0.545. The molecule has 0 bridgehead atoms. The minimum Gasteiger partial charge on any atom is -0.320 e. The van der Waals surface area contributed by atoms with Crippen molar-refractivity contribution in [2.75, 3.05) is 0 Å². The molecule has 2 nitrogen and oxygen atoms in total. The van der Waals surface area contributed by atoms with E-state index in [0.29, 0.717) is 5.92 Å². The van der Waals surface area contributed by atoms with Gasteiger partial charge in [-0.2, -0.15) is 0 Å². The Labute approximate surface area is 93.0 Å². The van der Waals surface area contributed by atoms with Gasteiger partial charge in [0.1, 0.15) is 0 Å². The lowest BCUT2D eigenvalue weighted by atomic mass is 9.86. The summed E-state index contributed by atoms with van der Waals surface area (Å²) < 4.78 is 1.01. The van der Waals surface area contributed by atoms with Crippen LogP contribution in [0.1, 0.15) is 31.9 Å². The Morgan fingerprint density at radius 3 is 2.86 bits per heavy atom. The van der Waals surface area contributed by atoms with Crippen molar-refractivity contribution in [3.8, 4) is 0 Å².